The molecule has 0 aromatic carbocycles. The van der Waals surface area contributed by atoms with Crippen LogP contribution in [0.15, 0.2) is 0 Å². The van der Waals surface area contributed by atoms with Gasteiger partial charge in [-0.15, -0.1) is 0 Å². The van der Waals surface area contributed by atoms with Crippen LogP contribution in [0.2, 0.25) is 0 Å². The average molecular weight is 157 g/mol. The number of rotatable bonds is 1. The van der Waals surface area contributed by atoms with Crippen LogP contribution >= 0.6 is 8.60 Å². The van der Waals surface area contributed by atoms with Crippen molar-refractivity contribution >= 4 is 8.60 Å². The van der Waals surface area contributed by atoms with E-state index in [2.05, 4.69) is 4.67 Å². The van der Waals surface area contributed by atoms with E-state index in [0.29, 0.717) is 0 Å². The van der Waals surface area contributed by atoms with Crippen LogP contribution in [0.5, 0.6) is 0 Å². The summed E-state index contributed by atoms with van der Waals surface area (Å²) < 4.78 is 2.93. The van der Waals surface area contributed by atoms with Crippen molar-refractivity contribution in [3.63, 3.8) is 0 Å². The molecule has 0 heterocycles. The van der Waals surface area contributed by atoms with Gasteiger partial charge in [-0.25, -0.2) is 5.26 Å². The number of hydrogen-bond donors (Lipinski definition) is 3. The summed E-state index contributed by atoms with van der Waals surface area (Å²) in [6.45, 7) is 0. The van der Waals surface area contributed by atoms with Crippen molar-refractivity contribution in [2.75, 3.05) is 0 Å². The van der Waals surface area contributed by atoms with E-state index in [-0.39, 0.29) is 16.8 Å². The second-order valence-corrected chi connectivity index (χ2v) is 1.00. The quantitative estimate of drug-likeness (QED) is 0.277. The topological polar surface area (TPSA) is 69.9 Å². The molecule has 0 aliphatic carbocycles. The second kappa shape index (κ2) is 5.78. The van der Waals surface area contributed by atoms with Crippen LogP contribution in [0.25, 0.3) is 0 Å². The first-order chi connectivity index (χ1) is 2.27. The largest absolute Gasteiger partial charge is 0.357 e. The molecule has 0 aliphatic heterocycles. The van der Waals surface area contributed by atoms with Gasteiger partial charge in [0.2, 0.25) is 0 Å². The minimum absolute atomic E-state index is 0. The molecule has 0 spiro atoms. The van der Waals surface area contributed by atoms with Crippen LogP contribution in [-0.2, 0) is 21.5 Å². The molecule has 0 aromatic rings. The van der Waals surface area contributed by atoms with Crippen molar-refractivity contribution in [3.8, 4) is 0 Å². The van der Waals surface area contributed by atoms with E-state index in [1.54, 1.807) is 0 Å². The second-order valence-electron chi connectivity index (χ2n) is 0.334. The van der Waals surface area contributed by atoms with Crippen LogP contribution in [0.4, 0.5) is 0 Å². The fourth-order valence-corrected chi connectivity index (χ4v) is 0. The third-order valence-corrected chi connectivity index (χ3v) is 0.219. The predicted molar refractivity (Wildman–Crippen MR) is 15.1 cm³/mol. The van der Waals surface area contributed by atoms with Gasteiger partial charge in [0.25, 0.3) is 0 Å². The van der Waals surface area contributed by atoms with Crippen LogP contribution in [0.1, 0.15) is 0 Å². The Hall–Kier alpha value is 0.776. The Kier molecular flexibility index (Phi) is 9.54. The molecule has 0 amide bonds. The minimum atomic E-state index is -2.54. The molecular weight excluding hydrogens is 154 g/mol. The minimum Gasteiger partial charge on any atom is -0.327 e. The number of hydrogen-bond acceptors (Lipinski definition) is 4. The Bertz CT molecular complexity index is 21.5. The Morgan fingerprint density at radius 2 is 1.50 bits per heavy atom. The standard InChI is InChI=1S/Co.H3O4P/c;1-4-5(2)3/h;1-3H. The molecule has 41 valence electrons. The van der Waals surface area contributed by atoms with Crippen molar-refractivity contribution in [3.05, 3.63) is 0 Å². The summed E-state index contributed by atoms with van der Waals surface area (Å²) in [4.78, 5) is 15.0. The van der Waals surface area contributed by atoms with E-state index in [0.717, 1.165) is 0 Å². The van der Waals surface area contributed by atoms with E-state index in [4.69, 9.17) is 15.0 Å². The maximum Gasteiger partial charge on any atom is 0.357 e. The molecule has 0 saturated heterocycles. The molecule has 0 atom stereocenters. The molecular formula is H3CoO4P. The molecule has 0 fully saturated rings. The molecule has 0 saturated carbocycles. The van der Waals surface area contributed by atoms with Gasteiger partial charge in [-0.2, -0.15) is 4.67 Å². The van der Waals surface area contributed by atoms with Crippen LogP contribution in [0, 0.1) is 0 Å². The molecule has 0 aliphatic rings. The summed E-state index contributed by atoms with van der Waals surface area (Å²) in [5, 5.41) is 7.17. The molecule has 0 unspecified atom stereocenters. The van der Waals surface area contributed by atoms with Gasteiger partial charge in [0, 0.05) is 16.8 Å². The van der Waals surface area contributed by atoms with Crippen molar-refractivity contribution in [2.45, 2.75) is 0 Å². The summed E-state index contributed by atoms with van der Waals surface area (Å²) in [6.07, 6.45) is 0. The summed E-state index contributed by atoms with van der Waals surface area (Å²) in [5.74, 6) is 0. The van der Waals surface area contributed by atoms with Crippen molar-refractivity contribution < 1.29 is 36.5 Å². The molecule has 0 rings (SSSR count). The van der Waals surface area contributed by atoms with Gasteiger partial charge in [0.1, 0.15) is 0 Å². The zero-order valence-corrected chi connectivity index (χ0v) is 4.47. The molecule has 6 heteroatoms. The normalized spacial score (nSPS) is 8.00. The van der Waals surface area contributed by atoms with Gasteiger partial charge in [-0.3, -0.25) is 0 Å². The van der Waals surface area contributed by atoms with Crippen LogP contribution in [0.3, 0.4) is 0 Å². The van der Waals surface area contributed by atoms with E-state index in [9.17, 15) is 0 Å². The smallest absolute Gasteiger partial charge is 0.327 e. The van der Waals surface area contributed by atoms with Gasteiger partial charge >= 0.3 is 8.60 Å². The van der Waals surface area contributed by atoms with Crippen LogP contribution < -0.4 is 0 Å². The van der Waals surface area contributed by atoms with Crippen LogP contribution in [-0.4, -0.2) is 15.0 Å². The average Bonchev–Trinajstić information content (AvgIpc) is 1.38. The maximum atomic E-state index is 7.51. The van der Waals surface area contributed by atoms with Gasteiger partial charge in [0.15, 0.2) is 0 Å². The fourth-order valence-electron chi connectivity index (χ4n) is 0. The SMILES string of the molecule is OOP(O)O.[Co]. The van der Waals surface area contributed by atoms with Gasteiger partial charge < -0.3 is 9.79 Å². The van der Waals surface area contributed by atoms with E-state index >= 15 is 0 Å². The zero-order chi connectivity index (χ0) is 4.28. The maximum absolute atomic E-state index is 7.51. The van der Waals surface area contributed by atoms with E-state index in [1.165, 1.54) is 0 Å². The zero-order valence-electron chi connectivity index (χ0n) is 2.53. The molecule has 0 aromatic heterocycles. The molecule has 3 N–H and O–H groups in total. The molecule has 6 heavy (non-hydrogen) atoms. The first-order valence-corrected chi connectivity index (χ1v) is 1.93. The monoisotopic (exact) mass is 157 g/mol. The summed E-state index contributed by atoms with van der Waals surface area (Å²) >= 11 is 0. The predicted octanol–water partition coefficient (Wildman–Crippen LogP) is -0.315. The first-order valence-electron chi connectivity index (χ1n) is 0.765. The fraction of sp³-hybridized carbons (Fsp3) is 0. The Balaban J connectivity index is 0. The first kappa shape index (κ1) is 9.91. The third kappa shape index (κ3) is 8.84. The molecule has 4 nitrogen and oxygen atoms in total. The van der Waals surface area contributed by atoms with Crippen molar-refractivity contribution in [2.24, 2.45) is 0 Å². The van der Waals surface area contributed by atoms with Gasteiger partial charge in [0.05, 0.1) is 0 Å². The molecule has 0 bridgehead atoms. The van der Waals surface area contributed by atoms with Gasteiger partial charge in [-0.1, -0.05) is 0 Å². The third-order valence-electron chi connectivity index (χ3n) is 0.0730. The summed E-state index contributed by atoms with van der Waals surface area (Å²) in [6, 6.07) is 0. The van der Waals surface area contributed by atoms with E-state index in [1.807, 2.05) is 0 Å². The van der Waals surface area contributed by atoms with Crippen molar-refractivity contribution in [1.29, 1.82) is 0 Å². The van der Waals surface area contributed by atoms with E-state index < -0.39 is 8.60 Å². The Labute approximate surface area is 45.9 Å². The Morgan fingerprint density at radius 1 is 1.33 bits per heavy atom. The molecule has 1 radical (unpaired) electrons. The summed E-state index contributed by atoms with van der Waals surface area (Å²) in [7, 11) is -2.54. The Morgan fingerprint density at radius 3 is 1.50 bits per heavy atom. The van der Waals surface area contributed by atoms with Crippen molar-refractivity contribution in [1.82, 2.24) is 0 Å². The van der Waals surface area contributed by atoms with Gasteiger partial charge in [-0.05, 0) is 0 Å². The summed E-state index contributed by atoms with van der Waals surface area (Å²) in [5.41, 5.74) is 0.